The summed E-state index contributed by atoms with van der Waals surface area (Å²) in [6.07, 6.45) is 5.99. The average Bonchev–Trinajstić information content (AvgIpc) is 2.81. The predicted octanol–water partition coefficient (Wildman–Crippen LogP) is 1.92. The molecule has 6 nitrogen and oxygen atoms in total. The van der Waals surface area contributed by atoms with Crippen LogP contribution in [0.15, 0.2) is 0 Å². The quantitative estimate of drug-likeness (QED) is 0.554. The maximum absolute atomic E-state index is 12.1. The Balaban J connectivity index is 1.60. The fourth-order valence-corrected chi connectivity index (χ4v) is 4.00. The molecule has 0 N–H and O–H groups in total. The van der Waals surface area contributed by atoms with Gasteiger partial charge in [0.05, 0.1) is 24.9 Å². The normalized spacial score (nSPS) is 35.3. The zero-order valence-corrected chi connectivity index (χ0v) is 12.7. The number of hydrogen-bond donors (Lipinski definition) is 0. The Bertz CT molecular complexity index is 373. The highest BCUT2D eigenvalue weighted by molar-refractivity contribution is 5.72. The zero-order valence-electron chi connectivity index (χ0n) is 12.7. The van der Waals surface area contributed by atoms with Crippen LogP contribution >= 0.6 is 0 Å². The molecule has 120 valence electrons. The van der Waals surface area contributed by atoms with Crippen molar-refractivity contribution >= 4 is 6.09 Å². The van der Waals surface area contributed by atoms with Gasteiger partial charge in [-0.05, 0) is 38.5 Å². The second-order valence-electron chi connectivity index (χ2n) is 6.13. The van der Waals surface area contributed by atoms with Crippen LogP contribution in [0.1, 0.15) is 38.5 Å². The van der Waals surface area contributed by atoms with Crippen LogP contribution in [0, 0.1) is 0 Å². The first-order valence-electron chi connectivity index (χ1n) is 7.94. The van der Waals surface area contributed by atoms with Crippen LogP contribution in [-0.2, 0) is 18.9 Å². The summed E-state index contributed by atoms with van der Waals surface area (Å²) in [5, 5.41) is 0. The standard InChI is InChI=1S/C15H25NO5/c1-18-9-10-19-11-20-12-5-4-7-15-6-2-3-8-16(15)14(17)21-13(12)15/h12-13H,2-11H2,1H3/t12-,13-,15+/m0/s1. The summed E-state index contributed by atoms with van der Waals surface area (Å²) in [5.74, 6) is 0. The van der Waals surface area contributed by atoms with E-state index in [0.29, 0.717) is 13.2 Å². The molecule has 3 rings (SSSR count). The maximum Gasteiger partial charge on any atom is 0.410 e. The van der Waals surface area contributed by atoms with Gasteiger partial charge in [-0.15, -0.1) is 0 Å². The Morgan fingerprint density at radius 2 is 2.14 bits per heavy atom. The molecule has 3 aliphatic rings. The minimum Gasteiger partial charge on any atom is -0.441 e. The van der Waals surface area contributed by atoms with Crippen molar-refractivity contribution < 1.29 is 23.7 Å². The van der Waals surface area contributed by atoms with Gasteiger partial charge in [0.15, 0.2) is 6.10 Å². The fraction of sp³-hybridized carbons (Fsp3) is 0.933. The van der Waals surface area contributed by atoms with Gasteiger partial charge in [0.1, 0.15) is 6.79 Å². The summed E-state index contributed by atoms with van der Waals surface area (Å²) >= 11 is 0. The summed E-state index contributed by atoms with van der Waals surface area (Å²) < 4.78 is 21.8. The minimum atomic E-state index is -0.157. The van der Waals surface area contributed by atoms with E-state index < -0.39 is 0 Å². The van der Waals surface area contributed by atoms with E-state index in [4.69, 9.17) is 18.9 Å². The van der Waals surface area contributed by atoms with Gasteiger partial charge in [0, 0.05) is 13.7 Å². The SMILES string of the molecule is COCCOCO[C@H]1CCC[C@@]23CCCCN2C(=O)O[C@@H]13. The third-order valence-electron chi connectivity index (χ3n) is 4.99. The smallest absolute Gasteiger partial charge is 0.410 e. The number of carbonyl (C=O) groups is 1. The molecule has 0 radical (unpaired) electrons. The molecule has 3 atom stereocenters. The summed E-state index contributed by atoms with van der Waals surface area (Å²) in [7, 11) is 1.64. The van der Waals surface area contributed by atoms with E-state index in [-0.39, 0.29) is 30.6 Å². The maximum atomic E-state index is 12.1. The molecule has 21 heavy (non-hydrogen) atoms. The predicted molar refractivity (Wildman–Crippen MR) is 75.0 cm³/mol. The third-order valence-corrected chi connectivity index (χ3v) is 4.99. The van der Waals surface area contributed by atoms with Crippen LogP contribution in [0.5, 0.6) is 0 Å². The van der Waals surface area contributed by atoms with Gasteiger partial charge in [-0.3, -0.25) is 4.90 Å². The molecule has 0 aromatic rings. The third kappa shape index (κ3) is 2.76. The Labute approximate surface area is 125 Å². The van der Waals surface area contributed by atoms with Crippen LogP contribution in [0.25, 0.3) is 0 Å². The summed E-state index contributed by atoms with van der Waals surface area (Å²) in [6, 6.07) is 0. The fourth-order valence-electron chi connectivity index (χ4n) is 4.00. The van der Waals surface area contributed by atoms with Crippen molar-refractivity contribution in [3.63, 3.8) is 0 Å². The molecular formula is C15H25NO5. The van der Waals surface area contributed by atoms with E-state index in [0.717, 1.165) is 38.6 Å². The molecule has 0 bridgehead atoms. The molecule has 0 aromatic heterocycles. The van der Waals surface area contributed by atoms with Crippen LogP contribution < -0.4 is 0 Å². The highest BCUT2D eigenvalue weighted by Gasteiger charge is 2.59. The van der Waals surface area contributed by atoms with Crippen LogP contribution in [0.4, 0.5) is 4.79 Å². The molecule has 3 fully saturated rings. The summed E-state index contributed by atoms with van der Waals surface area (Å²) in [6.45, 7) is 2.14. The first kappa shape index (κ1) is 15.1. The lowest BCUT2D eigenvalue weighted by Gasteiger charge is -2.47. The van der Waals surface area contributed by atoms with Gasteiger partial charge in [-0.25, -0.2) is 4.79 Å². The minimum absolute atomic E-state index is 0.0478. The number of methoxy groups -OCH3 is 1. The van der Waals surface area contributed by atoms with E-state index in [1.165, 1.54) is 6.42 Å². The number of nitrogens with zero attached hydrogens (tertiary/aromatic N) is 1. The molecule has 0 unspecified atom stereocenters. The number of ether oxygens (including phenoxy) is 4. The van der Waals surface area contributed by atoms with E-state index in [1.807, 2.05) is 4.90 Å². The average molecular weight is 299 g/mol. The van der Waals surface area contributed by atoms with Gasteiger partial charge in [-0.1, -0.05) is 0 Å². The van der Waals surface area contributed by atoms with Crippen molar-refractivity contribution in [3.05, 3.63) is 0 Å². The van der Waals surface area contributed by atoms with Crippen molar-refractivity contribution in [1.29, 1.82) is 0 Å². The molecule has 1 amide bonds. The molecule has 6 heteroatoms. The zero-order chi connectivity index (χ0) is 14.7. The molecule has 0 aromatic carbocycles. The van der Waals surface area contributed by atoms with Crippen molar-refractivity contribution in [2.45, 2.75) is 56.3 Å². The van der Waals surface area contributed by atoms with Crippen molar-refractivity contribution in [3.8, 4) is 0 Å². The summed E-state index contributed by atoms with van der Waals surface area (Å²) in [5.41, 5.74) is -0.120. The van der Waals surface area contributed by atoms with Crippen LogP contribution in [0.3, 0.4) is 0 Å². The number of rotatable bonds is 6. The van der Waals surface area contributed by atoms with Gasteiger partial charge < -0.3 is 18.9 Å². The molecule has 1 spiro atoms. The number of piperidine rings is 1. The lowest BCUT2D eigenvalue weighted by Crippen LogP contribution is -2.59. The highest BCUT2D eigenvalue weighted by Crippen LogP contribution is 2.47. The largest absolute Gasteiger partial charge is 0.441 e. The van der Waals surface area contributed by atoms with Crippen molar-refractivity contribution in [2.75, 3.05) is 33.7 Å². The highest BCUT2D eigenvalue weighted by atomic mass is 16.7. The Kier molecular flexibility index (Phi) is 4.66. The number of hydrogen-bond acceptors (Lipinski definition) is 5. The van der Waals surface area contributed by atoms with E-state index in [2.05, 4.69) is 0 Å². The van der Waals surface area contributed by atoms with E-state index >= 15 is 0 Å². The molecule has 2 saturated heterocycles. The lowest BCUT2D eigenvalue weighted by molar-refractivity contribution is -0.152. The van der Waals surface area contributed by atoms with Crippen molar-refractivity contribution in [2.24, 2.45) is 0 Å². The van der Waals surface area contributed by atoms with Gasteiger partial charge >= 0.3 is 6.09 Å². The Morgan fingerprint density at radius 3 is 3.00 bits per heavy atom. The van der Waals surface area contributed by atoms with E-state index in [9.17, 15) is 4.79 Å². The molecule has 2 heterocycles. The monoisotopic (exact) mass is 299 g/mol. The first-order valence-corrected chi connectivity index (χ1v) is 7.94. The first-order chi connectivity index (χ1) is 10.3. The van der Waals surface area contributed by atoms with Gasteiger partial charge in [-0.2, -0.15) is 0 Å². The van der Waals surface area contributed by atoms with Crippen LogP contribution in [-0.4, -0.2) is 62.4 Å². The second-order valence-corrected chi connectivity index (χ2v) is 6.13. The second kappa shape index (κ2) is 6.50. The molecule has 1 aliphatic carbocycles. The molecular weight excluding hydrogens is 274 g/mol. The van der Waals surface area contributed by atoms with Crippen LogP contribution in [0.2, 0.25) is 0 Å². The summed E-state index contributed by atoms with van der Waals surface area (Å²) in [4.78, 5) is 14.1. The Hall–Kier alpha value is -0.850. The molecule has 1 saturated carbocycles. The Morgan fingerprint density at radius 1 is 1.29 bits per heavy atom. The lowest BCUT2D eigenvalue weighted by atomic mass is 9.72. The van der Waals surface area contributed by atoms with E-state index in [1.54, 1.807) is 7.11 Å². The topological polar surface area (TPSA) is 57.2 Å². The van der Waals surface area contributed by atoms with Gasteiger partial charge in [0.2, 0.25) is 0 Å². The van der Waals surface area contributed by atoms with Gasteiger partial charge in [0.25, 0.3) is 0 Å². The van der Waals surface area contributed by atoms with Crippen molar-refractivity contribution in [1.82, 2.24) is 4.90 Å². The molecule has 2 aliphatic heterocycles. The number of amides is 1. The number of carbonyl (C=O) groups excluding carboxylic acids is 1.